The normalized spacial score (nSPS) is 21.7. The zero-order chi connectivity index (χ0) is 14.3. The fourth-order valence-corrected chi connectivity index (χ4v) is 2.03. The van der Waals surface area contributed by atoms with E-state index in [2.05, 4.69) is 46.6 Å². The van der Waals surface area contributed by atoms with Gasteiger partial charge >= 0.3 is 7.12 Å². The van der Waals surface area contributed by atoms with Crippen molar-refractivity contribution in [2.45, 2.75) is 58.8 Å². The highest BCUT2D eigenvalue weighted by Gasteiger charge is 2.50. The van der Waals surface area contributed by atoms with Crippen LogP contribution >= 0.6 is 0 Å². The van der Waals surface area contributed by atoms with Gasteiger partial charge < -0.3 is 9.31 Å². The SMILES string of the molecule is CC(C)n1nccc1/C=C/B1OC(C)(C)C(C)(C)O1. The van der Waals surface area contributed by atoms with E-state index < -0.39 is 0 Å². The summed E-state index contributed by atoms with van der Waals surface area (Å²) in [6.07, 6.45) is 3.82. The molecule has 1 saturated heterocycles. The number of rotatable bonds is 3. The van der Waals surface area contributed by atoms with E-state index in [0.29, 0.717) is 6.04 Å². The topological polar surface area (TPSA) is 36.3 Å². The van der Waals surface area contributed by atoms with Gasteiger partial charge in [-0.05, 0) is 53.7 Å². The molecule has 0 saturated carbocycles. The molecule has 2 heterocycles. The molecule has 0 aliphatic carbocycles. The second-order valence-corrected chi connectivity index (χ2v) is 6.28. The molecule has 0 unspecified atom stereocenters. The zero-order valence-corrected chi connectivity index (χ0v) is 12.7. The highest BCUT2D eigenvalue weighted by atomic mass is 16.7. The van der Waals surface area contributed by atoms with E-state index in [-0.39, 0.29) is 18.3 Å². The summed E-state index contributed by atoms with van der Waals surface area (Å²) in [5, 5.41) is 4.30. The van der Waals surface area contributed by atoms with E-state index in [1.54, 1.807) is 0 Å². The van der Waals surface area contributed by atoms with Crippen LogP contribution in [-0.2, 0) is 9.31 Å². The molecule has 5 heteroatoms. The maximum atomic E-state index is 5.92. The Morgan fingerprint density at radius 1 is 1.21 bits per heavy atom. The van der Waals surface area contributed by atoms with Crippen molar-refractivity contribution in [1.29, 1.82) is 0 Å². The third-order valence-electron chi connectivity index (χ3n) is 3.89. The van der Waals surface area contributed by atoms with Gasteiger partial charge in [-0.15, -0.1) is 0 Å². The summed E-state index contributed by atoms with van der Waals surface area (Å²) >= 11 is 0. The Morgan fingerprint density at radius 2 is 1.79 bits per heavy atom. The fourth-order valence-electron chi connectivity index (χ4n) is 2.03. The van der Waals surface area contributed by atoms with Crippen molar-refractivity contribution in [1.82, 2.24) is 9.78 Å². The van der Waals surface area contributed by atoms with Crippen molar-refractivity contribution >= 4 is 13.2 Å². The molecule has 1 aliphatic rings. The summed E-state index contributed by atoms with van der Waals surface area (Å²) in [6, 6.07) is 2.33. The van der Waals surface area contributed by atoms with E-state index in [1.165, 1.54) is 0 Å². The molecule has 1 aromatic heterocycles. The largest absolute Gasteiger partial charge is 0.487 e. The molecule has 1 aromatic rings. The second-order valence-electron chi connectivity index (χ2n) is 6.28. The Hall–Kier alpha value is -1.07. The molecule has 0 atom stereocenters. The van der Waals surface area contributed by atoms with Gasteiger partial charge in [-0.3, -0.25) is 4.68 Å². The van der Waals surface area contributed by atoms with Crippen LogP contribution in [0.2, 0.25) is 0 Å². The van der Waals surface area contributed by atoms with Gasteiger partial charge in [0.25, 0.3) is 0 Å². The number of nitrogens with zero attached hydrogens (tertiary/aromatic N) is 2. The van der Waals surface area contributed by atoms with E-state index in [1.807, 2.05) is 29.0 Å². The first-order valence-electron chi connectivity index (χ1n) is 6.80. The molecule has 0 radical (unpaired) electrons. The van der Waals surface area contributed by atoms with Crippen molar-refractivity contribution in [3.63, 3.8) is 0 Å². The third kappa shape index (κ3) is 2.77. The lowest BCUT2D eigenvalue weighted by atomic mass is 9.90. The van der Waals surface area contributed by atoms with Crippen LogP contribution in [0, 0.1) is 0 Å². The summed E-state index contributed by atoms with van der Waals surface area (Å²) in [5.74, 6) is 1.95. The molecule has 104 valence electrons. The summed E-state index contributed by atoms with van der Waals surface area (Å²) < 4.78 is 13.8. The molecule has 1 aliphatic heterocycles. The van der Waals surface area contributed by atoms with Gasteiger partial charge in [0.1, 0.15) is 0 Å². The molecule has 0 spiro atoms. The summed E-state index contributed by atoms with van der Waals surface area (Å²) in [5.41, 5.74) is 0.477. The Morgan fingerprint density at radius 3 is 2.32 bits per heavy atom. The highest BCUT2D eigenvalue weighted by Crippen LogP contribution is 2.37. The second kappa shape index (κ2) is 4.80. The monoisotopic (exact) mass is 262 g/mol. The van der Waals surface area contributed by atoms with E-state index >= 15 is 0 Å². The van der Waals surface area contributed by atoms with Gasteiger partial charge in [0.15, 0.2) is 0 Å². The minimum atomic E-state index is -0.305. The standard InChI is InChI=1S/C14H23BN2O2/c1-11(2)17-12(8-10-16-17)7-9-15-18-13(3,4)14(5,6)19-15/h7-11H,1-6H3/b9-7+. The first kappa shape index (κ1) is 14.3. The van der Waals surface area contributed by atoms with Gasteiger partial charge in [-0.2, -0.15) is 5.10 Å². The Kier molecular flexibility index (Phi) is 3.62. The molecular formula is C14H23BN2O2. The average Bonchev–Trinajstić information content (AvgIpc) is 2.79. The molecule has 0 N–H and O–H groups in total. The molecule has 0 bridgehead atoms. The summed E-state index contributed by atoms with van der Waals surface area (Å²) in [7, 11) is -0.305. The van der Waals surface area contributed by atoms with Crippen LogP contribution in [-0.4, -0.2) is 28.1 Å². The minimum absolute atomic E-state index is 0.291. The molecule has 0 aromatic carbocycles. The van der Waals surface area contributed by atoms with Gasteiger partial charge in [0, 0.05) is 12.2 Å². The molecule has 4 nitrogen and oxygen atoms in total. The maximum Gasteiger partial charge on any atom is 0.487 e. The van der Waals surface area contributed by atoms with Crippen LogP contribution in [0.15, 0.2) is 18.2 Å². The van der Waals surface area contributed by atoms with E-state index in [4.69, 9.17) is 9.31 Å². The predicted molar refractivity (Wildman–Crippen MR) is 77.7 cm³/mol. The van der Waals surface area contributed by atoms with Crippen molar-refractivity contribution in [3.05, 3.63) is 23.9 Å². The first-order chi connectivity index (χ1) is 8.73. The van der Waals surface area contributed by atoms with Crippen molar-refractivity contribution in [2.75, 3.05) is 0 Å². The molecule has 2 rings (SSSR count). The molecule has 0 amide bonds. The van der Waals surface area contributed by atoms with Crippen molar-refractivity contribution in [2.24, 2.45) is 0 Å². The number of aromatic nitrogens is 2. The lowest BCUT2D eigenvalue weighted by molar-refractivity contribution is 0.00578. The van der Waals surface area contributed by atoms with E-state index in [9.17, 15) is 0 Å². The molecule has 1 fully saturated rings. The third-order valence-corrected chi connectivity index (χ3v) is 3.89. The highest BCUT2D eigenvalue weighted by molar-refractivity contribution is 6.52. The maximum absolute atomic E-state index is 5.92. The van der Waals surface area contributed by atoms with Gasteiger partial charge in [0.2, 0.25) is 0 Å². The fraction of sp³-hybridized carbons (Fsp3) is 0.643. The Balaban J connectivity index is 2.11. The number of hydrogen-bond acceptors (Lipinski definition) is 3. The smallest absolute Gasteiger partial charge is 0.400 e. The Bertz CT molecular complexity index is 462. The van der Waals surface area contributed by atoms with Crippen LogP contribution in [0.25, 0.3) is 6.08 Å². The molecular weight excluding hydrogens is 239 g/mol. The van der Waals surface area contributed by atoms with Crippen molar-refractivity contribution < 1.29 is 9.31 Å². The van der Waals surface area contributed by atoms with Crippen LogP contribution in [0.4, 0.5) is 0 Å². The first-order valence-corrected chi connectivity index (χ1v) is 6.80. The van der Waals surface area contributed by atoms with Crippen LogP contribution in [0.1, 0.15) is 53.3 Å². The summed E-state index contributed by atoms with van der Waals surface area (Å²) in [4.78, 5) is 0. The van der Waals surface area contributed by atoms with Crippen LogP contribution in [0.3, 0.4) is 0 Å². The average molecular weight is 262 g/mol. The van der Waals surface area contributed by atoms with Gasteiger partial charge in [-0.1, -0.05) is 5.98 Å². The van der Waals surface area contributed by atoms with Gasteiger partial charge in [0.05, 0.1) is 16.9 Å². The molecule has 19 heavy (non-hydrogen) atoms. The lowest BCUT2D eigenvalue weighted by Gasteiger charge is -2.32. The minimum Gasteiger partial charge on any atom is -0.400 e. The summed E-state index contributed by atoms with van der Waals surface area (Å²) in [6.45, 7) is 12.4. The lowest BCUT2D eigenvalue weighted by Crippen LogP contribution is -2.41. The quantitative estimate of drug-likeness (QED) is 0.785. The number of hydrogen-bond donors (Lipinski definition) is 0. The predicted octanol–water partition coefficient (Wildman–Crippen LogP) is 3.11. The zero-order valence-electron chi connectivity index (χ0n) is 12.7. The Labute approximate surface area is 115 Å². The van der Waals surface area contributed by atoms with Crippen LogP contribution < -0.4 is 0 Å². The van der Waals surface area contributed by atoms with E-state index in [0.717, 1.165) is 5.69 Å². The van der Waals surface area contributed by atoms with Crippen molar-refractivity contribution in [3.8, 4) is 0 Å². The van der Waals surface area contributed by atoms with Crippen LogP contribution in [0.5, 0.6) is 0 Å². The van der Waals surface area contributed by atoms with Gasteiger partial charge in [-0.25, -0.2) is 0 Å².